The second-order valence-electron chi connectivity index (χ2n) is 8.99. The molecule has 0 unspecified atom stereocenters. The largest absolute Gasteiger partial charge is 0.490 e. The van der Waals surface area contributed by atoms with E-state index in [9.17, 15) is 9.59 Å². The fourth-order valence-corrected chi connectivity index (χ4v) is 3.07. The molecule has 2 amide bonds. The van der Waals surface area contributed by atoms with Crippen LogP contribution >= 0.6 is 11.6 Å². The summed E-state index contributed by atoms with van der Waals surface area (Å²) in [7, 11) is 0. The highest BCUT2D eigenvalue weighted by Gasteiger charge is 2.16. The summed E-state index contributed by atoms with van der Waals surface area (Å²) in [4.78, 5) is 23.9. The standard InChI is InChI=1S/C25H34ClN3O4/c1-7-32-21-12-17(20(26)13-22(21)33-15-23(30)29-25(4,5)6)14-27-18-8-10-19(11-9-18)28-24(31)16(2)3/h8-13,16,27H,7,14-15H2,1-6H3,(H,28,31)(H,29,30). The van der Waals surface area contributed by atoms with Gasteiger partial charge >= 0.3 is 0 Å². The number of benzene rings is 2. The van der Waals surface area contributed by atoms with Crippen molar-refractivity contribution >= 4 is 34.8 Å². The highest BCUT2D eigenvalue weighted by molar-refractivity contribution is 6.31. The number of amides is 2. The predicted molar refractivity (Wildman–Crippen MR) is 133 cm³/mol. The molecule has 8 heteroatoms. The van der Waals surface area contributed by atoms with E-state index in [4.69, 9.17) is 21.1 Å². The van der Waals surface area contributed by atoms with Crippen LogP contribution in [0, 0.1) is 5.92 Å². The van der Waals surface area contributed by atoms with Crippen molar-refractivity contribution in [2.24, 2.45) is 5.92 Å². The Morgan fingerprint density at radius 1 is 1.00 bits per heavy atom. The maximum Gasteiger partial charge on any atom is 0.258 e. The molecule has 0 saturated carbocycles. The molecule has 0 saturated heterocycles. The lowest BCUT2D eigenvalue weighted by Crippen LogP contribution is -2.43. The highest BCUT2D eigenvalue weighted by Crippen LogP contribution is 2.34. The molecule has 2 aromatic carbocycles. The first kappa shape index (κ1) is 26.3. The van der Waals surface area contributed by atoms with E-state index in [0.29, 0.717) is 29.7 Å². The number of anilines is 2. The second kappa shape index (κ2) is 11.8. The van der Waals surface area contributed by atoms with Crippen molar-refractivity contribution in [3.63, 3.8) is 0 Å². The molecule has 0 aliphatic heterocycles. The van der Waals surface area contributed by atoms with Crippen LogP contribution in [0.15, 0.2) is 36.4 Å². The topological polar surface area (TPSA) is 88.7 Å². The quantitative estimate of drug-likeness (QED) is 0.437. The zero-order valence-electron chi connectivity index (χ0n) is 20.2. The fourth-order valence-electron chi connectivity index (χ4n) is 2.85. The molecule has 0 heterocycles. The van der Waals surface area contributed by atoms with Crippen LogP contribution in [0.2, 0.25) is 5.02 Å². The Kier molecular flexibility index (Phi) is 9.41. The molecule has 0 bridgehead atoms. The zero-order chi connectivity index (χ0) is 24.6. The lowest BCUT2D eigenvalue weighted by atomic mass is 10.1. The predicted octanol–water partition coefficient (Wildman–Crippen LogP) is 5.24. The summed E-state index contributed by atoms with van der Waals surface area (Å²) in [5.41, 5.74) is 2.11. The second-order valence-corrected chi connectivity index (χ2v) is 9.39. The van der Waals surface area contributed by atoms with Crippen molar-refractivity contribution < 1.29 is 19.1 Å². The molecule has 0 atom stereocenters. The molecular weight excluding hydrogens is 442 g/mol. The van der Waals surface area contributed by atoms with E-state index >= 15 is 0 Å². The smallest absolute Gasteiger partial charge is 0.258 e. The van der Waals surface area contributed by atoms with Gasteiger partial charge in [0, 0.05) is 40.5 Å². The van der Waals surface area contributed by atoms with Crippen LogP contribution in [0.4, 0.5) is 11.4 Å². The number of halogens is 1. The van der Waals surface area contributed by atoms with E-state index in [1.165, 1.54) is 0 Å². The summed E-state index contributed by atoms with van der Waals surface area (Å²) in [6.07, 6.45) is 0. The lowest BCUT2D eigenvalue weighted by Gasteiger charge is -2.21. The number of carbonyl (C=O) groups is 2. The number of carbonyl (C=O) groups excluding carboxylic acids is 2. The molecule has 3 N–H and O–H groups in total. The van der Waals surface area contributed by atoms with Crippen LogP contribution in [0.25, 0.3) is 0 Å². The summed E-state index contributed by atoms with van der Waals surface area (Å²) >= 11 is 6.48. The number of rotatable bonds is 10. The Bertz CT molecular complexity index is 953. The summed E-state index contributed by atoms with van der Waals surface area (Å²) < 4.78 is 11.4. The van der Waals surface area contributed by atoms with Gasteiger partial charge in [-0.15, -0.1) is 0 Å². The number of hydrogen-bond acceptors (Lipinski definition) is 5. The van der Waals surface area contributed by atoms with Gasteiger partial charge in [-0.1, -0.05) is 25.4 Å². The summed E-state index contributed by atoms with van der Waals surface area (Å²) in [5, 5.41) is 9.53. The molecule has 0 fully saturated rings. The van der Waals surface area contributed by atoms with Crippen LogP contribution in [-0.4, -0.2) is 30.6 Å². The van der Waals surface area contributed by atoms with E-state index in [1.54, 1.807) is 6.07 Å². The van der Waals surface area contributed by atoms with Gasteiger partial charge in [0.2, 0.25) is 5.91 Å². The SMILES string of the molecule is CCOc1cc(CNc2ccc(NC(=O)C(C)C)cc2)c(Cl)cc1OCC(=O)NC(C)(C)C. The van der Waals surface area contributed by atoms with Crippen molar-refractivity contribution in [2.75, 3.05) is 23.8 Å². The van der Waals surface area contributed by atoms with Crippen LogP contribution in [0.1, 0.15) is 47.1 Å². The minimum Gasteiger partial charge on any atom is -0.490 e. The first-order chi connectivity index (χ1) is 15.5. The van der Waals surface area contributed by atoms with Gasteiger partial charge in [-0.25, -0.2) is 0 Å². The number of ether oxygens (including phenoxy) is 2. The molecule has 0 aliphatic carbocycles. The number of nitrogens with one attached hydrogen (secondary N) is 3. The van der Waals surface area contributed by atoms with E-state index < -0.39 is 0 Å². The van der Waals surface area contributed by atoms with Gasteiger partial charge in [0.1, 0.15) is 0 Å². The van der Waals surface area contributed by atoms with E-state index in [0.717, 1.165) is 16.9 Å². The molecule has 33 heavy (non-hydrogen) atoms. The van der Waals surface area contributed by atoms with Crippen molar-refractivity contribution in [1.82, 2.24) is 5.32 Å². The average molecular weight is 476 g/mol. The van der Waals surface area contributed by atoms with E-state index in [-0.39, 0.29) is 29.9 Å². The molecular formula is C25H34ClN3O4. The van der Waals surface area contributed by atoms with Gasteiger partial charge in [0.05, 0.1) is 6.61 Å². The zero-order valence-corrected chi connectivity index (χ0v) is 20.9. The Labute approximate surface area is 201 Å². The van der Waals surface area contributed by atoms with Crippen molar-refractivity contribution in [2.45, 2.75) is 53.6 Å². The minimum atomic E-state index is -0.339. The average Bonchev–Trinajstić information content (AvgIpc) is 2.72. The van der Waals surface area contributed by atoms with Gasteiger partial charge < -0.3 is 25.4 Å². The van der Waals surface area contributed by atoms with Crippen molar-refractivity contribution in [3.8, 4) is 11.5 Å². The van der Waals surface area contributed by atoms with Crippen LogP contribution in [0.5, 0.6) is 11.5 Å². The van der Waals surface area contributed by atoms with Gasteiger partial charge in [-0.05, 0) is 63.6 Å². The van der Waals surface area contributed by atoms with Gasteiger partial charge in [0.15, 0.2) is 18.1 Å². The maximum atomic E-state index is 12.1. The first-order valence-corrected chi connectivity index (χ1v) is 11.4. The monoisotopic (exact) mass is 475 g/mol. The van der Waals surface area contributed by atoms with Crippen LogP contribution in [0.3, 0.4) is 0 Å². The van der Waals surface area contributed by atoms with Gasteiger partial charge in [-0.3, -0.25) is 9.59 Å². The lowest BCUT2D eigenvalue weighted by molar-refractivity contribution is -0.124. The Hall–Kier alpha value is -2.93. The fraction of sp³-hybridized carbons (Fsp3) is 0.440. The highest BCUT2D eigenvalue weighted by atomic mass is 35.5. The molecule has 180 valence electrons. The molecule has 0 aliphatic rings. The summed E-state index contributed by atoms with van der Waals surface area (Å²) in [6.45, 7) is 12.1. The van der Waals surface area contributed by atoms with Gasteiger partial charge in [-0.2, -0.15) is 0 Å². The molecule has 0 spiro atoms. The molecule has 0 radical (unpaired) electrons. The molecule has 0 aromatic heterocycles. The normalized spacial score (nSPS) is 11.2. The Balaban J connectivity index is 2.04. The van der Waals surface area contributed by atoms with Gasteiger partial charge in [0.25, 0.3) is 5.91 Å². The maximum absolute atomic E-state index is 12.1. The summed E-state index contributed by atoms with van der Waals surface area (Å²) in [5.74, 6) is 0.613. The third kappa shape index (κ3) is 8.85. The van der Waals surface area contributed by atoms with Crippen LogP contribution < -0.4 is 25.4 Å². The molecule has 2 rings (SSSR count). The number of hydrogen-bond donors (Lipinski definition) is 3. The van der Waals surface area contributed by atoms with Crippen molar-refractivity contribution in [3.05, 3.63) is 47.0 Å². The van der Waals surface area contributed by atoms with Crippen molar-refractivity contribution in [1.29, 1.82) is 0 Å². The molecule has 2 aromatic rings. The Morgan fingerprint density at radius 2 is 1.61 bits per heavy atom. The van der Waals surface area contributed by atoms with E-state index in [2.05, 4.69) is 16.0 Å². The van der Waals surface area contributed by atoms with Crippen LogP contribution in [-0.2, 0) is 16.1 Å². The molecule has 7 nitrogen and oxygen atoms in total. The summed E-state index contributed by atoms with van der Waals surface area (Å²) in [6, 6.07) is 10.9. The Morgan fingerprint density at radius 3 is 2.18 bits per heavy atom. The third-order valence-corrected chi connectivity index (χ3v) is 4.80. The first-order valence-electron chi connectivity index (χ1n) is 11.0. The van der Waals surface area contributed by atoms with E-state index in [1.807, 2.05) is 71.9 Å². The minimum absolute atomic E-state index is 0.0239. The third-order valence-electron chi connectivity index (χ3n) is 4.45.